The van der Waals surface area contributed by atoms with Crippen molar-refractivity contribution in [2.45, 2.75) is 51.0 Å². The fourth-order valence-corrected chi connectivity index (χ4v) is 3.34. The first-order chi connectivity index (χ1) is 8.25. The van der Waals surface area contributed by atoms with Gasteiger partial charge in [0.15, 0.2) is 0 Å². The zero-order valence-corrected chi connectivity index (χ0v) is 13.2. The Balaban J connectivity index is 3.04. The molecule has 0 saturated carbocycles. The maximum atomic E-state index is 11.8. The summed E-state index contributed by atoms with van der Waals surface area (Å²) in [5.74, 6) is 5.81. The topological polar surface area (TPSA) is 68.0 Å². The van der Waals surface area contributed by atoms with Crippen LogP contribution in [0.5, 0.6) is 0 Å². The summed E-state index contributed by atoms with van der Waals surface area (Å²) in [4.78, 5) is 17.0. The van der Waals surface area contributed by atoms with E-state index < -0.39 is 0 Å². The lowest BCUT2D eigenvalue weighted by Gasteiger charge is -2.16. The maximum absolute atomic E-state index is 11.8. The molecule has 0 spiro atoms. The first kappa shape index (κ1) is 15.5. The average molecular weight is 287 g/mol. The Kier molecular flexibility index (Phi) is 5.19. The van der Waals surface area contributed by atoms with Crippen molar-refractivity contribution < 1.29 is 4.79 Å². The van der Waals surface area contributed by atoms with Crippen LogP contribution in [0.1, 0.15) is 55.0 Å². The van der Waals surface area contributed by atoms with Gasteiger partial charge in [0.05, 0.1) is 5.69 Å². The standard InChI is InChI=1S/C12H21N3OS2/c1-7(2)17-6-8-14-10(12(3,4)5)9(18-8)11(16)15-13/h7H,6,13H2,1-5H3,(H,15,16). The summed E-state index contributed by atoms with van der Waals surface area (Å²) in [5, 5.41) is 1.54. The Hall–Kier alpha value is -0.590. The molecule has 4 nitrogen and oxygen atoms in total. The number of nitrogen functional groups attached to an aromatic ring is 1. The van der Waals surface area contributed by atoms with E-state index in [1.54, 1.807) is 0 Å². The number of thiazole rings is 1. The minimum Gasteiger partial charge on any atom is -0.289 e. The van der Waals surface area contributed by atoms with Crippen LogP contribution >= 0.6 is 23.1 Å². The smallest absolute Gasteiger partial charge is 0.277 e. The summed E-state index contributed by atoms with van der Waals surface area (Å²) in [7, 11) is 0. The van der Waals surface area contributed by atoms with Crippen LogP contribution in [-0.4, -0.2) is 16.1 Å². The molecule has 0 radical (unpaired) electrons. The van der Waals surface area contributed by atoms with E-state index in [0.717, 1.165) is 16.5 Å². The third kappa shape index (κ3) is 3.96. The van der Waals surface area contributed by atoms with Gasteiger partial charge in [0.2, 0.25) is 0 Å². The van der Waals surface area contributed by atoms with Gasteiger partial charge in [-0.1, -0.05) is 34.6 Å². The van der Waals surface area contributed by atoms with Crippen molar-refractivity contribution in [3.8, 4) is 0 Å². The number of carbonyl (C=O) groups is 1. The highest BCUT2D eigenvalue weighted by Gasteiger charge is 2.26. The highest BCUT2D eigenvalue weighted by Crippen LogP contribution is 2.31. The van der Waals surface area contributed by atoms with E-state index in [0.29, 0.717) is 10.1 Å². The van der Waals surface area contributed by atoms with Crippen LogP contribution in [0, 0.1) is 0 Å². The second kappa shape index (κ2) is 6.04. The van der Waals surface area contributed by atoms with Gasteiger partial charge in [0.25, 0.3) is 5.91 Å². The lowest BCUT2D eigenvalue weighted by atomic mass is 9.91. The zero-order chi connectivity index (χ0) is 13.9. The number of hydrogen-bond donors (Lipinski definition) is 2. The van der Waals surface area contributed by atoms with Gasteiger partial charge in [-0.2, -0.15) is 11.8 Å². The Morgan fingerprint density at radius 3 is 2.56 bits per heavy atom. The summed E-state index contributed by atoms with van der Waals surface area (Å²) in [6.45, 7) is 10.4. The number of aromatic nitrogens is 1. The van der Waals surface area contributed by atoms with Gasteiger partial charge >= 0.3 is 0 Å². The minimum atomic E-state index is -0.252. The molecule has 1 rings (SSSR count). The summed E-state index contributed by atoms with van der Waals surface area (Å²) < 4.78 is 0. The van der Waals surface area contributed by atoms with Crippen LogP contribution in [0.4, 0.5) is 0 Å². The van der Waals surface area contributed by atoms with Crippen LogP contribution in [0.3, 0.4) is 0 Å². The minimum absolute atomic E-state index is 0.154. The van der Waals surface area contributed by atoms with E-state index in [2.05, 4.69) is 45.0 Å². The van der Waals surface area contributed by atoms with Crippen LogP contribution < -0.4 is 11.3 Å². The first-order valence-electron chi connectivity index (χ1n) is 5.88. The molecule has 3 N–H and O–H groups in total. The number of nitrogens with zero attached hydrogens (tertiary/aromatic N) is 1. The Bertz CT molecular complexity index is 421. The zero-order valence-electron chi connectivity index (χ0n) is 11.5. The second-order valence-electron chi connectivity index (χ2n) is 5.37. The number of nitrogens with one attached hydrogen (secondary N) is 1. The monoisotopic (exact) mass is 287 g/mol. The van der Waals surface area contributed by atoms with Gasteiger partial charge in [0, 0.05) is 11.2 Å². The molecule has 0 aliphatic rings. The van der Waals surface area contributed by atoms with Gasteiger partial charge in [-0.3, -0.25) is 10.2 Å². The van der Waals surface area contributed by atoms with Crippen molar-refractivity contribution in [3.63, 3.8) is 0 Å². The molecule has 6 heteroatoms. The Morgan fingerprint density at radius 2 is 2.11 bits per heavy atom. The molecule has 0 bridgehead atoms. The predicted octanol–water partition coefficient (Wildman–Crippen LogP) is 2.69. The molecule has 0 saturated heterocycles. The second-order valence-corrected chi connectivity index (χ2v) is 8.02. The third-order valence-electron chi connectivity index (χ3n) is 2.26. The highest BCUT2D eigenvalue weighted by atomic mass is 32.2. The van der Waals surface area contributed by atoms with Crippen molar-refractivity contribution in [2.75, 3.05) is 0 Å². The highest BCUT2D eigenvalue weighted by molar-refractivity contribution is 7.99. The summed E-state index contributed by atoms with van der Waals surface area (Å²) in [6.07, 6.45) is 0. The van der Waals surface area contributed by atoms with Gasteiger partial charge < -0.3 is 0 Å². The number of amides is 1. The van der Waals surface area contributed by atoms with Crippen molar-refractivity contribution in [1.29, 1.82) is 0 Å². The fourth-order valence-electron chi connectivity index (χ4n) is 1.39. The van der Waals surface area contributed by atoms with E-state index in [4.69, 9.17) is 5.84 Å². The molecule has 18 heavy (non-hydrogen) atoms. The Morgan fingerprint density at radius 1 is 1.50 bits per heavy atom. The predicted molar refractivity (Wildman–Crippen MR) is 78.9 cm³/mol. The van der Waals surface area contributed by atoms with E-state index in [9.17, 15) is 4.79 Å². The normalized spacial score (nSPS) is 11.9. The molecule has 0 unspecified atom stereocenters. The van der Waals surface area contributed by atoms with Crippen molar-refractivity contribution in [2.24, 2.45) is 5.84 Å². The summed E-state index contributed by atoms with van der Waals surface area (Å²) >= 11 is 3.26. The molecule has 0 atom stereocenters. The molecule has 1 aromatic heterocycles. The van der Waals surface area contributed by atoms with Gasteiger partial charge in [-0.25, -0.2) is 10.8 Å². The van der Waals surface area contributed by atoms with Gasteiger partial charge in [-0.05, 0) is 5.25 Å². The summed E-state index contributed by atoms with van der Waals surface area (Å²) in [5.41, 5.74) is 2.87. The third-order valence-corrected chi connectivity index (χ3v) is 4.60. The fraction of sp³-hybridized carbons (Fsp3) is 0.667. The van der Waals surface area contributed by atoms with Crippen LogP contribution in [0.2, 0.25) is 0 Å². The Labute approximate surface area is 117 Å². The van der Waals surface area contributed by atoms with Crippen molar-refractivity contribution in [1.82, 2.24) is 10.4 Å². The molecule has 0 aliphatic carbocycles. The molecule has 0 aromatic carbocycles. The molecule has 1 amide bonds. The number of rotatable bonds is 4. The number of hydrazine groups is 1. The summed E-state index contributed by atoms with van der Waals surface area (Å²) in [6, 6.07) is 0. The van der Waals surface area contributed by atoms with Crippen LogP contribution in [-0.2, 0) is 11.2 Å². The quantitative estimate of drug-likeness (QED) is 0.507. The van der Waals surface area contributed by atoms with Crippen molar-refractivity contribution >= 4 is 29.0 Å². The van der Waals surface area contributed by atoms with E-state index in [1.807, 2.05) is 11.8 Å². The lowest BCUT2D eigenvalue weighted by Crippen LogP contribution is -2.31. The number of thioether (sulfide) groups is 1. The van der Waals surface area contributed by atoms with E-state index in [-0.39, 0.29) is 11.3 Å². The number of nitrogens with two attached hydrogens (primary N) is 1. The average Bonchev–Trinajstić information content (AvgIpc) is 2.69. The first-order valence-corrected chi connectivity index (χ1v) is 7.75. The number of carbonyl (C=O) groups excluding carboxylic acids is 1. The lowest BCUT2D eigenvalue weighted by molar-refractivity contribution is 0.0955. The molecule has 1 aromatic rings. The van der Waals surface area contributed by atoms with Crippen molar-refractivity contribution in [3.05, 3.63) is 15.6 Å². The van der Waals surface area contributed by atoms with Crippen LogP contribution in [0.25, 0.3) is 0 Å². The number of hydrogen-bond acceptors (Lipinski definition) is 5. The molecular formula is C12H21N3OS2. The molecule has 102 valence electrons. The molecule has 1 heterocycles. The SMILES string of the molecule is CC(C)SCc1nc(C(C)(C)C)c(C(=O)NN)s1. The van der Waals surface area contributed by atoms with Gasteiger partial charge in [0.1, 0.15) is 9.88 Å². The molecule has 0 fully saturated rings. The van der Waals surface area contributed by atoms with E-state index >= 15 is 0 Å². The molecule has 0 aliphatic heterocycles. The van der Waals surface area contributed by atoms with Gasteiger partial charge in [-0.15, -0.1) is 11.3 Å². The maximum Gasteiger partial charge on any atom is 0.277 e. The van der Waals surface area contributed by atoms with E-state index in [1.165, 1.54) is 11.3 Å². The largest absolute Gasteiger partial charge is 0.289 e. The van der Waals surface area contributed by atoms with Crippen LogP contribution in [0.15, 0.2) is 0 Å². The molecular weight excluding hydrogens is 266 g/mol.